The molecule has 2 saturated heterocycles. The van der Waals surface area contributed by atoms with Crippen LogP contribution in [0.3, 0.4) is 0 Å². The first kappa shape index (κ1) is 20.8. The van der Waals surface area contributed by atoms with Crippen LogP contribution < -0.4 is 0 Å². The molecule has 1 aromatic heterocycles. The van der Waals surface area contributed by atoms with Gasteiger partial charge in [0.1, 0.15) is 0 Å². The van der Waals surface area contributed by atoms with E-state index in [2.05, 4.69) is 21.8 Å². The van der Waals surface area contributed by atoms with Gasteiger partial charge in [0.15, 0.2) is 0 Å². The van der Waals surface area contributed by atoms with Crippen LogP contribution in [0.1, 0.15) is 54.4 Å². The molecule has 160 valence electrons. The molecule has 0 bridgehead atoms. The number of piperidine rings is 1. The Morgan fingerprint density at radius 2 is 1.69 bits per heavy atom. The molecule has 29 heavy (non-hydrogen) atoms. The summed E-state index contributed by atoms with van der Waals surface area (Å²) in [7, 11) is 2.17. The van der Waals surface area contributed by atoms with Gasteiger partial charge < -0.3 is 14.9 Å². The van der Waals surface area contributed by atoms with Crippen molar-refractivity contribution in [3.8, 4) is 0 Å². The van der Waals surface area contributed by atoms with Crippen LogP contribution in [0.4, 0.5) is 0 Å². The van der Waals surface area contributed by atoms with Crippen molar-refractivity contribution >= 4 is 5.91 Å². The molecule has 1 amide bonds. The summed E-state index contributed by atoms with van der Waals surface area (Å²) in [5, 5.41) is 11.2. The van der Waals surface area contributed by atoms with E-state index in [1.807, 2.05) is 17.9 Å². The number of likely N-dealkylation sites (N-methyl/N-ethyl adjacent to an activating group) is 1. The molecule has 6 heteroatoms. The van der Waals surface area contributed by atoms with Crippen LogP contribution in [0.25, 0.3) is 0 Å². The van der Waals surface area contributed by atoms with Crippen LogP contribution in [0, 0.1) is 12.3 Å². The van der Waals surface area contributed by atoms with Gasteiger partial charge in [0.25, 0.3) is 5.91 Å². The van der Waals surface area contributed by atoms with E-state index in [4.69, 9.17) is 0 Å². The lowest BCUT2D eigenvalue weighted by molar-refractivity contribution is -0.0718. The highest BCUT2D eigenvalue weighted by Gasteiger charge is 2.44. The van der Waals surface area contributed by atoms with Crippen molar-refractivity contribution in [3.63, 3.8) is 0 Å². The number of carbonyl (C=O) groups is 1. The van der Waals surface area contributed by atoms with Crippen molar-refractivity contribution in [1.82, 2.24) is 19.7 Å². The van der Waals surface area contributed by atoms with Crippen molar-refractivity contribution < 1.29 is 9.90 Å². The number of carbonyl (C=O) groups excluding carboxylic acids is 1. The lowest BCUT2D eigenvalue weighted by Crippen LogP contribution is -2.54. The Hall–Kier alpha value is -1.50. The third kappa shape index (κ3) is 4.65. The second-order valence-corrected chi connectivity index (χ2v) is 9.79. The van der Waals surface area contributed by atoms with Crippen LogP contribution in [-0.4, -0.2) is 89.2 Å². The molecule has 0 aromatic carbocycles. The minimum absolute atomic E-state index is 0.118. The summed E-state index contributed by atoms with van der Waals surface area (Å²) in [6, 6.07) is 1.90. The normalized spacial score (nSPS) is 25.3. The van der Waals surface area contributed by atoms with Gasteiger partial charge in [0.05, 0.1) is 11.2 Å². The number of likely N-dealkylation sites (tertiary alicyclic amines) is 1. The Morgan fingerprint density at radius 1 is 1.03 bits per heavy atom. The number of aliphatic hydroxyl groups is 1. The summed E-state index contributed by atoms with van der Waals surface area (Å²) in [5.41, 5.74) is 1.52. The number of nitrogens with zero attached hydrogens (tertiary/aromatic N) is 4. The highest BCUT2D eigenvalue weighted by molar-refractivity contribution is 5.95. The molecule has 1 saturated carbocycles. The van der Waals surface area contributed by atoms with Crippen LogP contribution in [0.5, 0.6) is 0 Å². The summed E-state index contributed by atoms with van der Waals surface area (Å²) >= 11 is 0. The summed E-state index contributed by atoms with van der Waals surface area (Å²) in [4.78, 5) is 23.8. The van der Waals surface area contributed by atoms with Crippen LogP contribution in [0.15, 0.2) is 18.5 Å². The molecular weight excluding hydrogens is 364 g/mol. The molecule has 0 radical (unpaired) electrons. The average Bonchev–Trinajstić information content (AvgIpc) is 2.73. The second kappa shape index (κ2) is 8.32. The van der Waals surface area contributed by atoms with E-state index in [0.29, 0.717) is 5.41 Å². The number of β-amino-alcohol motifs (C(OH)–C–C–N with tert-alkyl or cyclic N) is 1. The number of aryl methyl sites for hydroxylation is 1. The zero-order valence-corrected chi connectivity index (χ0v) is 18.1. The van der Waals surface area contributed by atoms with Gasteiger partial charge in [-0.25, -0.2) is 0 Å². The number of aromatic nitrogens is 1. The van der Waals surface area contributed by atoms with Gasteiger partial charge in [-0.15, -0.1) is 0 Å². The van der Waals surface area contributed by atoms with Gasteiger partial charge in [0, 0.05) is 58.2 Å². The molecule has 1 N–H and O–H groups in total. The summed E-state index contributed by atoms with van der Waals surface area (Å²) < 4.78 is 0. The molecule has 0 atom stereocenters. The molecular formula is C23H36N4O2. The fraction of sp³-hybridized carbons (Fsp3) is 0.739. The van der Waals surface area contributed by atoms with Crippen LogP contribution in [-0.2, 0) is 0 Å². The van der Waals surface area contributed by atoms with E-state index < -0.39 is 5.60 Å². The predicted molar refractivity (Wildman–Crippen MR) is 114 cm³/mol. The Labute approximate surface area is 174 Å². The summed E-state index contributed by atoms with van der Waals surface area (Å²) in [6.45, 7) is 8.77. The largest absolute Gasteiger partial charge is 0.389 e. The minimum atomic E-state index is -0.527. The molecule has 0 unspecified atom stereocenters. The zero-order valence-electron chi connectivity index (χ0n) is 18.1. The van der Waals surface area contributed by atoms with Gasteiger partial charge in [-0.3, -0.25) is 14.7 Å². The van der Waals surface area contributed by atoms with Gasteiger partial charge in [-0.05, 0) is 69.5 Å². The summed E-state index contributed by atoms with van der Waals surface area (Å²) in [5.74, 6) is 0.118. The van der Waals surface area contributed by atoms with Crippen molar-refractivity contribution in [2.75, 3.05) is 52.9 Å². The fourth-order valence-electron chi connectivity index (χ4n) is 5.37. The maximum Gasteiger partial charge on any atom is 0.255 e. The molecule has 1 aliphatic carbocycles. The third-order valence-electron chi connectivity index (χ3n) is 7.74. The van der Waals surface area contributed by atoms with Crippen molar-refractivity contribution in [2.24, 2.45) is 5.41 Å². The Kier molecular flexibility index (Phi) is 5.96. The number of pyridine rings is 1. The fourth-order valence-corrected chi connectivity index (χ4v) is 5.37. The maximum absolute atomic E-state index is 12.9. The third-order valence-corrected chi connectivity index (χ3v) is 7.74. The standard InChI is InChI=1S/C23H36N4O2/c1-19-3-10-24-17-20(19)21(28)27-11-8-22(9-12-27)4-6-23(29,7-5-22)18-26-15-13-25(2)14-16-26/h3,10,17,29H,4-9,11-16,18H2,1-2H3. The molecule has 4 rings (SSSR count). The van der Waals surface area contributed by atoms with E-state index >= 15 is 0 Å². The first-order valence-electron chi connectivity index (χ1n) is 11.2. The molecule has 3 aliphatic rings. The van der Waals surface area contributed by atoms with E-state index in [0.717, 1.165) is 95.5 Å². The first-order valence-corrected chi connectivity index (χ1v) is 11.2. The molecule has 6 nitrogen and oxygen atoms in total. The number of hydrogen-bond donors (Lipinski definition) is 1. The number of rotatable bonds is 3. The zero-order chi connectivity index (χ0) is 20.5. The van der Waals surface area contributed by atoms with E-state index in [1.54, 1.807) is 12.4 Å². The van der Waals surface area contributed by atoms with Gasteiger partial charge in [-0.1, -0.05) is 0 Å². The van der Waals surface area contributed by atoms with E-state index in [1.165, 1.54) is 0 Å². The minimum Gasteiger partial charge on any atom is -0.389 e. The monoisotopic (exact) mass is 400 g/mol. The Balaban J connectivity index is 1.29. The van der Waals surface area contributed by atoms with Gasteiger partial charge in [0.2, 0.25) is 0 Å². The molecule has 1 spiro atoms. The summed E-state index contributed by atoms with van der Waals surface area (Å²) in [6.07, 6.45) is 9.52. The highest BCUT2D eigenvalue weighted by Crippen LogP contribution is 2.48. The molecule has 3 heterocycles. The Bertz CT molecular complexity index is 711. The number of hydrogen-bond acceptors (Lipinski definition) is 5. The molecule has 2 aliphatic heterocycles. The predicted octanol–water partition coefficient (Wildman–Crippen LogP) is 2.16. The SMILES string of the molecule is Cc1ccncc1C(=O)N1CCC2(CC1)CCC(O)(CN1CCN(C)CC1)CC2. The average molecular weight is 401 g/mol. The molecule has 1 aromatic rings. The first-order chi connectivity index (χ1) is 13.9. The van der Waals surface area contributed by atoms with Crippen molar-refractivity contribution in [1.29, 1.82) is 0 Å². The lowest BCUT2D eigenvalue weighted by atomic mass is 9.64. The highest BCUT2D eigenvalue weighted by atomic mass is 16.3. The van der Waals surface area contributed by atoms with E-state index in [-0.39, 0.29) is 5.91 Å². The quantitative estimate of drug-likeness (QED) is 0.843. The topological polar surface area (TPSA) is 59.9 Å². The van der Waals surface area contributed by atoms with E-state index in [9.17, 15) is 9.90 Å². The molecule has 3 fully saturated rings. The number of piperazine rings is 1. The van der Waals surface area contributed by atoms with Crippen molar-refractivity contribution in [3.05, 3.63) is 29.6 Å². The van der Waals surface area contributed by atoms with Gasteiger partial charge >= 0.3 is 0 Å². The lowest BCUT2D eigenvalue weighted by Gasteiger charge is -2.49. The van der Waals surface area contributed by atoms with Crippen LogP contribution >= 0.6 is 0 Å². The van der Waals surface area contributed by atoms with Crippen LogP contribution in [0.2, 0.25) is 0 Å². The Morgan fingerprint density at radius 3 is 2.31 bits per heavy atom. The number of amides is 1. The smallest absolute Gasteiger partial charge is 0.255 e. The maximum atomic E-state index is 12.9. The van der Waals surface area contributed by atoms with Crippen molar-refractivity contribution in [2.45, 2.75) is 51.0 Å². The van der Waals surface area contributed by atoms with Gasteiger partial charge in [-0.2, -0.15) is 0 Å². The second-order valence-electron chi connectivity index (χ2n) is 9.79.